The molecule has 2 N–H and O–H groups in total. The van der Waals surface area contributed by atoms with Crippen molar-refractivity contribution in [2.75, 3.05) is 44.2 Å². The molecule has 10 heteroatoms. The Morgan fingerprint density at radius 2 is 1.81 bits per heavy atom. The molecule has 1 aromatic carbocycles. The van der Waals surface area contributed by atoms with Gasteiger partial charge >= 0.3 is 6.18 Å². The molecule has 2 aromatic rings. The second-order valence-corrected chi connectivity index (χ2v) is 10.4. The number of rotatable bonds is 4. The Bertz CT molecular complexity index is 1050. The Labute approximate surface area is 216 Å². The van der Waals surface area contributed by atoms with Crippen molar-refractivity contribution in [2.24, 2.45) is 5.73 Å². The molecule has 2 fully saturated rings. The lowest BCUT2D eigenvalue weighted by molar-refractivity contribution is -0.137. The summed E-state index contributed by atoms with van der Waals surface area (Å²) in [5.74, 6) is 0.502. The smallest absolute Gasteiger partial charge is 0.369 e. The molecule has 2 saturated heterocycles. The van der Waals surface area contributed by atoms with Crippen LogP contribution in [0.2, 0.25) is 0 Å². The van der Waals surface area contributed by atoms with E-state index in [0.29, 0.717) is 25.1 Å². The van der Waals surface area contributed by atoms with Crippen LogP contribution in [0.25, 0.3) is 0 Å². The first kappa shape index (κ1) is 27.4. The molecule has 3 aliphatic heterocycles. The van der Waals surface area contributed by atoms with E-state index in [1.807, 2.05) is 6.92 Å². The first-order chi connectivity index (χ1) is 17.6. The molecule has 37 heavy (non-hydrogen) atoms. The molecule has 1 amide bonds. The number of aromatic nitrogens is 1. The van der Waals surface area contributed by atoms with Gasteiger partial charge in [-0.15, -0.1) is 0 Å². The summed E-state index contributed by atoms with van der Waals surface area (Å²) in [6.07, 6.45) is 3.01. The summed E-state index contributed by atoms with van der Waals surface area (Å²) >= 11 is 0. The maximum Gasteiger partial charge on any atom is 0.416 e. The number of nitrogens with zero attached hydrogens (tertiary/aromatic N) is 4. The highest BCUT2D eigenvalue weighted by atomic mass is 19.4. The van der Waals surface area contributed by atoms with Crippen LogP contribution in [0.15, 0.2) is 22.7 Å². The third kappa shape index (κ3) is 7.04. The summed E-state index contributed by atoms with van der Waals surface area (Å²) < 4.78 is 43.0. The summed E-state index contributed by atoms with van der Waals surface area (Å²) in [7, 11) is 0. The van der Waals surface area contributed by atoms with E-state index in [2.05, 4.69) is 21.9 Å². The molecule has 1 unspecified atom stereocenters. The standard InChI is InChI=1S/C15H25N3O.C12H13F3N2O/c1-12-15(13(2)19-16-12)18-10-5-6-14(7-11-18)17-8-3-4-9-17;13-12(14,15)10-2-1-8-3-4-17(7-11(16)18)6-9(8)5-10/h14H,3-11H2,1-2H3;1-2,5H,3-4,6-7H2,(H2,16,18). The van der Waals surface area contributed by atoms with Gasteiger partial charge in [0.05, 0.1) is 12.1 Å². The minimum atomic E-state index is -4.33. The summed E-state index contributed by atoms with van der Waals surface area (Å²) in [6.45, 7) is 10.1. The van der Waals surface area contributed by atoms with Crippen LogP contribution in [0.3, 0.4) is 0 Å². The Kier molecular flexibility index (Phi) is 8.79. The average Bonchev–Trinajstić information content (AvgIpc) is 3.42. The molecule has 204 valence electrons. The molecule has 0 bridgehead atoms. The number of carbonyl (C=O) groups is 1. The van der Waals surface area contributed by atoms with Crippen LogP contribution in [0.4, 0.5) is 18.9 Å². The molecular weight excluding hydrogens is 483 g/mol. The molecule has 5 rings (SSSR count). The van der Waals surface area contributed by atoms with E-state index >= 15 is 0 Å². The van der Waals surface area contributed by atoms with E-state index in [1.54, 1.807) is 4.90 Å². The predicted molar refractivity (Wildman–Crippen MR) is 136 cm³/mol. The number of amides is 1. The maximum atomic E-state index is 12.6. The molecule has 0 saturated carbocycles. The molecule has 0 radical (unpaired) electrons. The number of primary amides is 1. The summed E-state index contributed by atoms with van der Waals surface area (Å²) in [6, 6.07) is 4.57. The SMILES string of the molecule is Cc1noc(C)c1N1CCCC(N2CCCC2)CC1.NC(=O)CN1CCc2ccc(C(F)(F)F)cc2C1. The molecule has 4 heterocycles. The van der Waals surface area contributed by atoms with Gasteiger partial charge in [-0.3, -0.25) is 9.69 Å². The highest BCUT2D eigenvalue weighted by molar-refractivity contribution is 5.76. The van der Waals surface area contributed by atoms with E-state index in [-0.39, 0.29) is 6.54 Å². The van der Waals surface area contributed by atoms with Crippen LogP contribution in [0.1, 0.15) is 60.2 Å². The fourth-order valence-electron chi connectivity index (χ4n) is 5.85. The van der Waals surface area contributed by atoms with Gasteiger partial charge in [0.25, 0.3) is 0 Å². The van der Waals surface area contributed by atoms with Crippen LogP contribution in [0.5, 0.6) is 0 Å². The Balaban J connectivity index is 0.000000173. The quantitative estimate of drug-likeness (QED) is 0.647. The minimum absolute atomic E-state index is 0.0791. The van der Waals surface area contributed by atoms with Crippen molar-refractivity contribution in [3.63, 3.8) is 0 Å². The highest BCUT2D eigenvalue weighted by Crippen LogP contribution is 2.32. The van der Waals surface area contributed by atoms with Crippen molar-refractivity contribution >= 4 is 11.6 Å². The lowest BCUT2D eigenvalue weighted by Crippen LogP contribution is -2.37. The Morgan fingerprint density at radius 1 is 1.05 bits per heavy atom. The van der Waals surface area contributed by atoms with Crippen molar-refractivity contribution in [3.05, 3.63) is 46.3 Å². The zero-order valence-corrected chi connectivity index (χ0v) is 21.8. The van der Waals surface area contributed by atoms with Gasteiger partial charge in [0, 0.05) is 32.2 Å². The first-order valence-corrected chi connectivity index (χ1v) is 13.2. The summed E-state index contributed by atoms with van der Waals surface area (Å²) in [5.41, 5.74) is 8.24. The number of likely N-dealkylation sites (tertiary alicyclic amines) is 1. The Morgan fingerprint density at radius 3 is 2.46 bits per heavy atom. The molecular formula is C27H38F3N5O2. The number of hydrogen-bond donors (Lipinski definition) is 1. The molecule has 1 aromatic heterocycles. The van der Waals surface area contributed by atoms with Crippen LogP contribution >= 0.6 is 0 Å². The first-order valence-electron chi connectivity index (χ1n) is 13.2. The van der Waals surface area contributed by atoms with E-state index in [1.165, 1.54) is 56.9 Å². The molecule has 0 spiro atoms. The number of aryl methyl sites for hydroxylation is 2. The monoisotopic (exact) mass is 521 g/mol. The van der Waals surface area contributed by atoms with Crippen LogP contribution in [-0.2, 0) is 23.9 Å². The van der Waals surface area contributed by atoms with Crippen LogP contribution < -0.4 is 10.6 Å². The average molecular weight is 522 g/mol. The molecule has 1 atom stereocenters. The highest BCUT2D eigenvalue weighted by Gasteiger charge is 2.32. The molecule has 3 aliphatic rings. The van der Waals surface area contributed by atoms with Gasteiger partial charge in [0.15, 0.2) is 5.76 Å². The lowest BCUT2D eigenvalue weighted by atomic mass is 9.97. The number of nitrogens with two attached hydrogens (primary N) is 1. The number of fused-ring (bicyclic) bond motifs is 1. The fraction of sp³-hybridized carbons (Fsp3) is 0.630. The minimum Gasteiger partial charge on any atom is -0.369 e. The second-order valence-electron chi connectivity index (χ2n) is 10.4. The molecule has 0 aliphatic carbocycles. The number of carbonyl (C=O) groups excluding carboxylic acids is 1. The van der Waals surface area contributed by atoms with Crippen molar-refractivity contribution < 1.29 is 22.5 Å². The van der Waals surface area contributed by atoms with Gasteiger partial charge in [-0.25, -0.2) is 0 Å². The van der Waals surface area contributed by atoms with Gasteiger partial charge in [-0.2, -0.15) is 13.2 Å². The number of halogens is 3. The van der Waals surface area contributed by atoms with Crippen molar-refractivity contribution in [2.45, 2.75) is 71.1 Å². The van der Waals surface area contributed by atoms with Crippen molar-refractivity contribution in [1.29, 1.82) is 0 Å². The van der Waals surface area contributed by atoms with Gasteiger partial charge < -0.3 is 20.1 Å². The second kappa shape index (κ2) is 11.9. The zero-order chi connectivity index (χ0) is 26.6. The topological polar surface area (TPSA) is 78.8 Å². The van der Waals surface area contributed by atoms with Gasteiger partial charge in [0.2, 0.25) is 5.91 Å². The number of hydrogen-bond acceptors (Lipinski definition) is 6. The third-order valence-corrected chi connectivity index (χ3v) is 7.67. The van der Waals surface area contributed by atoms with Gasteiger partial charge in [-0.05, 0) is 88.7 Å². The summed E-state index contributed by atoms with van der Waals surface area (Å²) in [5, 5.41) is 4.09. The zero-order valence-electron chi connectivity index (χ0n) is 21.8. The fourth-order valence-corrected chi connectivity index (χ4v) is 5.85. The van der Waals surface area contributed by atoms with Gasteiger partial charge in [-0.1, -0.05) is 11.2 Å². The maximum absolute atomic E-state index is 12.6. The number of anilines is 1. The summed E-state index contributed by atoms with van der Waals surface area (Å²) in [4.78, 5) is 17.7. The predicted octanol–water partition coefficient (Wildman–Crippen LogP) is 4.29. The van der Waals surface area contributed by atoms with Crippen molar-refractivity contribution in [1.82, 2.24) is 15.0 Å². The van der Waals surface area contributed by atoms with Crippen LogP contribution in [-0.4, -0.2) is 66.2 Å². The van der Waals surface area contributed by atoms with Crippen LogP contribution in [0, 0.1) is 13.8 Å². The normalized spacial score (nSPS) is 21.2. The van der Waals surface area contributed by atoms with E-state index in [4.69, 9.17) is 10.3 Å². The van der Waals surface area contributed by atoms with Gasteiger partial charge in [0.1, 0.15) is 11.4 Å². The largest absolute Gasteiger partial charge is 0.416 e. The van der Waals surface area contributed by atoms with E-state index < -0.39 is 17.6 Å². The Hall–Kier alpha value is -2.59. The van der Waals surface area contributed by atoms with E-state index in [0.717, 1.165) is 48.3 Å². The molecule has 7 nitrogen and oxygen atoms in total. The van der Waals surface area contributed by atoms with Crippen molar-refractivity contribution in [3.8, 4) is 0 Å². The third-order valence-electron chi connectivity index (χ3n) is 7.67. The lowest BCUT2D eigenvalue weighted by Gasteiger charge is -2.28. The number of alkyl halides is 3. The van der Waals surface area contributed by atoms with E-state index in [9.17, 15) is 18.0 Å². The number of benzene rings is 1.